The summed E-state index contributed by atoms with van der Waals surface area (Å²) in [6, 6.07) is 1.91. The predicted octanol–water partition coefficient (Wildman–Crippen LogP) is 3.17. The zero-order chi connectivity index (χ0) is 16.1. The van der Waals surface area contributed by atoms with Crippen LogP contribution in [0.5, 0.6) is 0 Å². The summed E-state index contributed by atoms with van der Waals surface area (Å²) in [4.78, 5) is 18.6. The first-order valence-corrected chi connectivity index (χ1v) is 7.38. The SMILES string of the molecule is Cc1cc(C(=O)C[C@H](C)C(F)(F)F)nc2c1N1CC[C@@H](C1)N2. The number of fused-ring (bicyclic) bond motifs is 4. The van der Waals surface area contributed by atoms with Gasteiger partial charge in [-0.15, -0.1) is 0 Å². The van der Waals surface area contributed by atoms with Crippen molar-refractivity contribution < 1.29 is 18.0 Å². The van der Waals surface area contributed by atoms with Crippen molar-refractivity contribution in [2.75, 3.05) is 23.3 Å². The summed E-state index contributed by atoms with van der Waals surface area (Å²) in [6.45, 7) is 4.73. The molecule has 0 aliphatic carbocycles. The Morgan fingerprint density at radius 2 is 2.27 bits per heavy atom. The van der Waals surface area contributed by atoms with Gasteiger partial charge < -0.3 is 10.2 Å². The van der Waals surface area contributed by atoms with Crippen molar-refractivity contribution in [1.29, 1.82) is 0 Å². The van der Waals surface area contributed by atoms with Crippen LogP contribution in [0.25, 0.3) is 0 Å². The van der Waals surface area contributed by atoms with E-state index >= 15 is 0 Å². The minimum absolute atomic E-state index is 0.113. The van der Waals surface area contributed by atoms with Crippen LogP contribution in [-0.2, 0) is 0 Å². The molecule has 2 aliphatic rings. The number of alkyl halides is 3. The van der Waals surface area contributed by atoms with Gasteiger partial charge in [0.2, 0.25) is 0 Å². The van der Waals surface area contributed by atoms with E-state index in [1.54, 1.807) is 6.07 Å². The number of aromatic nitrogens is 1. The molecule has 2 bridgehead atoms. The van der Waals surface area contributed by atoms with Gasteiger partial charge in [0.05, 0.1) is 11.6 Å². The van der Waals surface area contributed by atoms with Crippen LogP contribution in [0.2, 0.25) is 0 Å². The van der Waals surface area contributed by atoms with E-state index in [9.17, 15) is 18.0 Å². The molecule has 0 unspecified atom stereocenters. The van der Waals surface area contributed by atoms with E-state index in [2.05, 4.69) is 15.2 Å². The minimum Gasteiger partial charge on any atom is -0.366 e. The third-order valence-corrected chi connectivity index (χ3v) is 4.36. The van der Waals surface area contributed by atoms with Crippen LogP contribution in [0.3, 0.4) is 0 Å². The molecular formula is C15H18F3N3O. The maximum atomic E-state index is 12.6. The molecule has 3 heterocycles. The lowest BCUT2D eigenvalue weighted by Crippen LogP contribution is -2.33. The number of aryl methyl sites for hydroxylation is 1. The highest BCUT2D eigenvalue weighted by Crippen LogP contribution is 2.37. The molecule has 0 saturated carbocycles. The Bertz CT molecular complexity index is 615. The first-order chi connectivity index (χ1) is 10.3. The lowest BCUT2D eigenvalue weighted by molar-refractivity contribution is -0.168. The summed E-state index contributed by atoms with van der Waals surface area (Å²) in [5.41, 5.74) is 1.96. The van der Waals surface area contributed by atoms with Gasteiger partial charge >= 0.3 is 6.18 Å². The summed E-state index contributed by atoms with van der Waals surface area (Å²) in [6.07, 6.45) is -3.92. The second kappa shape index (κ2) is 5.14. The molecule has 2 aliphatic heterocycles. The Kier molecular flexibility index (Phi) is 3.53. The van der Waals surface area contributed by atoms with Crippen molar-refractivity contribution in [2.24, 2.45) is 5.92 Å². The Hall–Kier alpha value is -1.79. The molecule has 0 spiro atoms. The van der Waals surface area contributed by atoms with Crippen molar-refractivity contribution in [2.45, 2.75) is 38.9 Å². The van der Waals surface area contributed by atoms with Crippen molar-refractivity contribution in [3.8, 4) is 0 Å². The second-order valence-corrected chi connectivity index (χ2v) is 6.17. The van der Waals surface area contributed by atoms with Gasteiger partial charge in [0, 0.05) is 25.6 Å². The Balaban J connectivity index is 1.86. The molecule has 7 heteroatoms. The predicted molar refractivity (Wildman–Crippen MR) is 77.4 cm³/mol. The van der Waals surface area contributed by atoms with Crippen LogP contribution >= 0.6 is 0 Å². The van der Waals surface area contributed by atoms with Crippen LogP contribution in [-0.4, -0.2) is 36.1 Å². The van der Waals surface area contributed by atoms with Crippen LogP contribution in [0.1, 0.15) is 35.8 Å². The zero-order valence-corrected chi connectivity index (χ0v) is 12.5. The van der Waals surface area contributed by atoms with Crippen molar-refractivity contribution >= 4 is 17.3 Å². The Labute approximate surface area is 126 Å². The normalized spacial score (nSPS) is 21.3. The summed E-state index contributed by atoms with van der Waals surface area (Å²) in [7, 11) is 0. The number of nitrogens with one attached hydrogen (secondary N) is 1. The number of rotatable bonds is 3. The highest BCUT2D eigenvalue weighted by atomic mass is 19.4. The van der Waals surface area contributed by atoms with Crippen molar-refractivity contribution in [3.05, 3.63) is 17.3 Å². The van der Waals surface area contributed by atoms with Gasteiger partial charge in [0.1, 0.15) is 5.69 Å². The number of hydrogen-bond donors (Lipinski definition) is 1. The van der Waals surface area contributed by atoms with E-state index in [1.165, 1.54) is 0 Å². The summed E-state index contributed by atoms with van der Waals surface area (Å²) < 4.78 is 37.8. The van der Waals surface area contributed by atoms with E-state index in [4.69, 9.17) is 0 Å². The summed E-state index contributed by atoms with van der Waals surface area (Å²) in [5.74, 6) is -1.60. The largest absolute Gasteiger partial charge is 0.391 e. The molecule has 1 fully saturated rings. The molecule has 4 nitrogen and oxygen atoms in total. The van der Waals surface area contributed by atoms with Crippen molar-refractivity contribution in [1.82, 2.24) is 4.98 Å². The average Bonchev–Trinajstić information content (AvgIpc) is 2.78. The molecule has 0 radical (unpaired) electrons. The fourth-order valence-electron chi connectivity index (χ4n) is 3.08. The maximum absolute atomic E-state index is 12.6. The molecule has 2 atom stereocenters. The van der Waals surface area contributed by atoms with E-state index in [0.29, 0.717) is 11.9 Å². The molecule has 1 aromatic rings. The number of pyridine rings is 1. The number of nitrogens with zero attached hydrogens (tertiary/aromatic N) is 2. The average molecular weight is 313 g/mol. The fraction of sp³-hybridized carbons (Fsp3) is 0.600. The smallest absolute Gasteiger partial charge is 0.366 e. The van der Waals surface area contributed by atoms with Crippen LogP contribution < -0.4 is 10.2 Å². The van der Waals surface area contributed by atoms with Crippen LogP contribution in [0.4, 0.5) is 24.7 Å². The first kappa shape index (κ1) is 15.1. The van der Waals surface area contributed by atoms with Crippen LogP contribution in [0, 0.1) is 12.8 Å². The van der Waals surface area contributed by atoms with Gasteiger partial charge in [-0.05, 0) is 25.0 Å². The molecule has 0 aromatic carbocycles. The Morgan fingerprint density at radius 3 is 2.95 bits per heavy atom. The monoisotopic (exact) mass is 313 g/mol. The third kappa shape index (κ3) is 2.64. The molecule has 22 heavy (non-hydrogen) atoms. The number of halogens is 3. The molecule has 1 N–H and O–H groups in total. The lowest BCUT2D eigenvalue weighted by Gasteiger charge is -2.29. The topological polar surface area (TPSA) is 45.2 Å². The van der Waals surface area contributed by atoms with Gasteiger partial charge in [-0.1, -0.05) is 6.92 Å². The van der Waals surface area contributed by atoms with E-state index in [-0.39, 0.29) is 5.69 Å². The zero-order valence-electron chi connectivity index (χ0n) is 12.5. The number of ketones is 1. The summed E-state index contributed by atoms with van der Waals surface area (Å²) in [5, 5.41) is 3.28. The number of carbonyl (C=O) groups is 1. The van der Waals surface area contributed by atoms with Crippen molar-refractivity contribution in [3.63, 3.8) is 0 Å². The number of carbonyl (C=O) groups excluding carboxylic acids is 1. The molecular weight excluding hydrogens is 295 g/mol. The van der Waals surface area contributed by atoms with Gasteiger partial charge in [0.15, 0.2) is 11.6 Å². The molecule has 120 valence electrons. The van der Waals surface area contributed by atoms with Gasteiger partial charge in [-0.3, -0.25) is 4.79 Å². The third-order valence-electron chi connectivity index (χ3n) is 4.36. The highest BCUT2D eigenvalue weighted by Gasteiger charge is 2.38. The lowest BCUT2D eigenvalue weighted by atomic mass is 10.0. The molecule has 0 amide bonds. The molecule has 1 saturated heterocycles. The van der Waals surface area contributed by atoms with E-state index in [1.807, 2.05) is 6.92 Å². The van der Waals surface area contributed by atoms with Gasteiger partial charge in [-0.25, -0.2) is 4.98 Å². The number of hydrogen-bond acceptors (Lipinski definition) is 4. The van der Waals surface area contributed by atoms with Gasteiger partial charge in [-0.2, -0.15) is 13.2 Å². The highest BCUT2D eigenvalue weighted by molar-refractivity contribution is 5.96. The van der Waals surface area contributed by atoms with E-state index in [0.717, 1.165) is 37.7 Å². The standard InChI is InChI=1S/C15H18F3N3O/c1-8-5-11(12(22)6-9(2)15(16,17)18)20-14-13(8)21-4-3-10(7-21)19-14/h5,9-10H,3-4,6-7H2,1-2H3,(H,19,20)/t9-,10-/m0/s1. The Morgan fingerprint density at radius 1 is 1.55 bits per heavy atom. The minimum atomic E-state index is -4.36. The fourth-order valence-corrected chi connectivity index (χ4v) is 3.08. The first-order valence-electron chi connectivity index (χ1n) is 7.38. The molecule has 3 rings (SSSR count). The van der Waals surface area contributed by atoms with Gasteiger partial charge in [0.25, 0.3) is 0 Å². The molecule has 1 aromatic heterocycles. The van der Waals surface area contributed by atoms with E-state index < -0.39 is 24.3 Å². The summed E-state index contributed by atoms with van der Waals surface area (Å²) >= 11 is 0. The van der Waals surface area contributed by atoms with Crippen LogP contribution in [0.15, 0.2) is 6.07 Å². The maximum Gasteiger partial charge on any atom is 0.391 e. The quantitative estimate of drug-likeness (QED) is 0.871. The number of anilines is 2. The number of Topliss-reactive ketones (excluding diaryl/α,β-unsaturated/α-hetero) is 1. The second-order valence-electron chi connectivity index (χ2n) is 6.17.